The lowest BCUT2D eigenvalue weighted by Crippen LogP contribution is -2.07. The highest BCUT2D eigenvalue weighted by Gasteiger charge is 2.16. The molecule has 0 amide bonds. The predicted molar refractivity (Wildman–Crippen MR) is 278 cm³/mol. The van der Waals surface area contributed by atoms with Crippen LogP contribution in [0.15, 0.2) is 42.5 Å². The van der Waals surface area contributed by atoms with Gasteiger partial charge in [-0.25, -0.2) is 0 Å². The summed E-state index contributed by atoms with van der Waals surface area (Å²) in [5, 5.41) is 0. The molecule has 0 atom stereocenters. The largest absolute Gasteiger partial charge is 0.490 e. The number of hydrogen-bond acceptors (Lipinski definition) is 4. The molecule has 0 aliphatic heterocycles. The number of aryl methyl sites for hydroxylation is 1. The van der Waals surface area contributed by atoms with E-state index in [4.69, 9.17) is 26.4 Å². The van der Waals surface area contributed by atoms with Crippen LogP contribution in [0.25, 0.3) is 6.08 Å². The molecule has 0 unspecified atom stereocenters. The van der Waals surface area contributed by atoms with Gasteiger partial charge in [0.2, 0.25) is 5.75 Å². The van der Waals surface area contributed by atoms with Gasteiger partial charge >= 0.3 is 0 Å². The highest BCUT2D eigenvalue weighted by molar-refractivity contribution is 7.81. The van der Waals surface area contributed by atoms with Gasteiger partial charge in [-0.3, -0.25) is 0 Å². The summed E-state index contributed by atoms with van der Waals surface area (Å²) in [6, 6.07) is 13.2. The molecule has 0 spiro atoms. The molecule has 2 aromatic carbocycles. The van der Waals surface area contributed by atoms with E-state index in [1.165, 1.54) is 211 Å². The summed E-state index contributed by atoms with van der Waals surface area (Å²) in [4.78, 5) is 0.847. The van der Waals surface area contributed by atoms with Gasteiger partial charge in [-0.1, -0.05) is 269 Å². The second-order valence-electron chi connectivity index (χ2n) is 18.5. The third-order valence-corrected chi connectivity index (χ3v) is 12.9. The van der Waals surface area contributed by atoms with Crippen molar-refractivity contribution in [1.82, 2.24) is 0 Å². The van der Waals surface area contributed by atoms with E-state index in [1.54, 1.807) is 0 Å². The average Bonchev–Trinajstić information content (AvgIpc) is 3.29. The quantitative estimate of drug-likeness (QED) is 0.0287. The van der Waals surface area contributed by atoms with Crippen LogP contribution in [-0.2, 0) is 6.42 Å². The molecule has 2 aromatic rings. The summed E-state index contributed by atoms with van der Waals surface area (Å²) < 4.78 is 19.5. The molecule has 0 aromatic heterocycles. The molecular weight excluding hydrogens is 777 g/mol. The van der Waals surface area contributed by atoms with Crippen molar-refractivity contribution in [2.75, 3.05) is 19.8 Å². The summed E-state index contributed by atoms with van der Waals surface area (Å²) >= 11 is 5.94. The molecule has 0 N–H and O–H groups in total. The molecule has 354 valence electrons. The summed E-state index contributed by atoms with van der Waals surface area (Å²) in [5.74, 6) is 2.34. The number of thiocarbonyl (C=S) groups is 1. The van der Waals surface area contributed by atoms with E-state index in [-0.39, 0.29) is 0 Å². The van der Waals surface area contributed by atoms with Crippen LogP contribution in [0.5, 0.6) is 17.2 Å². The monoisotopic (exact) mass is 875 g/mol. The topological polar surface area (TPSA) is 27.7 Å². The zero-order chi connectivity index (χ0) is 44.4. The first-order chi connectivity index (χ1) is 30.6. The van der Waals surface area contributed by atoms with Gasteiger partial charge in [0.05, 0.1) is 19.8 Å². The molecule has 0 bridgehead atoms. The van der Waals surface area contributed by atoms with Crippen LogP contribution in [0.3, 0.4) is 0 Å². The van der Waals surface area contributed by atoms with Gasteiger partial charge in [0.15, 0.2) is 11.5 Å². The van der Waals surface area contributed by atoms with E-state index in [0.29, 0.717) is 19.8 Å². The first kappa shape index (κ1) is 55.8. The van der Waals surface area contributed by atoms with Gasteiger partial charge in [0.1, 0.15) is 0 Å². The Hall–Kier alpha value is -2.33. The second-order valence-corrected chi connectivity index (χ2v) is 18.9. The minimum atomic E-state index is 0.679. The standard InChI is InChI=1S/C58H98O3S/c1-5-9-13-17-18-19-20-21-22-23-24-25-26-27-28-29-30-31-32-36-40-52-41-44-54(45-42-52)57(62)46-43-53-50-55(59-47-37-33-14-10-6-2)58(61-49-39-35-16-12-8-4)56(51-53)60-48-38-34-15-11-7-3/h41-46,50-51H,5-40,47-49H2,1-4H3. The number of allylic oxidation sites excluding steroid dienone is 1. The van der Waals surface area contributed by atoms with Gasteiger partial charge in [0, 0.05) is 4.86 Å². The van der Waals surface area contributed by atoms with Gasteiger partial charge in [-0.05, 0) is 67.0 Å². The normalized spacial score (nSPS) is 11.5. The number of ether oxygens (including phenoxy) is 3. The Labute approximate surface area is 390 Å². The molecule has 0 saturated heterocycles. The molecule has 62 heavy (non-hydrogen) atoms. The lowest BCUT2D eigenvalue weighted by atomic mass is 10.0. The minimum Gasteiger partial charge on any atom is -0.490 e. The highest BCUT2D eigenvalue weighted by Crippen LogP contribution is 2.40. The Morgan fingerprint density at radius 2 is 0.726 bits per heavy atom. The van der Waals surface area contributed by atoms with Crippen molar-refractivity contribution in [3.05, 3.63) is 59.2 Å². The number of hydrogen-bond donors (Lipinski definition) is 0. The fraction of sp³-hybridized carbons (Fsp3) is 0.741. The third kappa shape index (κ3) is 29.9. The zero-order valence-electron chi connectivity index (χ0n) is 41.3. The number of unbranched alkanes of at least 4 members (excludes halogenated alkanes) is 31. The van der Waals surface area contributed by atoms with Crippen molar-refractivity contribution in [2.24, 2.45) is 0 Å². The van der Waals surface area contributed by atoms with Crippen molar-refractivity contribution in [3.8, 4) is 17.2 Å². The molecule has 0 saturated carbocycles. The summed E-state index contributed by atoms with van der Waals surface area (Å²) in [6.45, 7) is 11.1. The SMILES string of the molecule is CCCCCCCCCCCCCCCCCCCCCCc1ccc(C(=S)C=Cc2cc(OCCCCCCC)c(OCCCCCCC)c(OCCCCCCC)c2)cc1. The molecule has 2 rings (SSSR count). The molecule has 0 radical (unpaired) electrons. The second kappa shape index (κ2) is 41.4. The molecule has 0 heterocycles. The fourth-order valence-electron chi connectivity index (χ4n) is 8.39. The molecule has 3 nitrogen and oxygen atoms in total. The van der Waals surface area contributed by atoms with Crippen molar-refractivity contribution in [3.63, 3.8) is 0 Å². The molecular formula is C58H98O3S. The third-order valence-electron chi connectivity index (χ3n) is 12.5. The Bertz CT molecular complexity index is 1300. The van der Waals surface area contributed by atoms with Crippen molar-refractivity contribution < 1.29 is 14.2 Å². The van der Waals surface area contributed by atoms with Gasteiger partial charge in [-0.15, -0.1) is 0 Å². The highest BCUT2D eigenvalue weighted by atomic mass is 32.1. The maximum atomic E-state index is 6.49. The Balaban J connectivity index is 1.81. The number of rotatable bonds is 45. The van der Waals surface area contributed by atoms with Gasteiger partial charge < -0.3 is 14.2 Å². The lowest BCUT2D eigenvalue weighted by molar-refractivity contribution is 0.234. The Morgan fingerprint density at radius 3 is 1.10 bits per heavy atom. The molecule has 4 heteroatoms. The first-order valence-corrected chi connectivity index (χ1v) is 27.4. The van der Waals surface area contributed by atoms with Crippen LogP contribution >= 0.6 is 12.2 Å². The van der Waals surface area contributed by atoms with Gasteiger partial charge in [0.25, 0.3) is 0 Å². The van der Waals surface area contributed by atoms with Crippen molar-refractivity contribution in [1.29, 1.82) is 0 Å². The summed E-state index contributed by atoms with van der Waals surface area (Å²) in [6.07, 6.45) is 51.9. The summed E-state index contributed by atoms with van der Waals surface area (Å²) in [7, 11) is 0. The molecule has 0 aliphatic rings. The molecule has 0 fully saturated rings. The van der Waals surface area contributed by atoms with Crippen LogP contribution in [0, 0.1) is 0 Å². The lowest BCUT2D eigenvalue weighted by Gasteiger charge is -2.18. The van der Waals surface area contributed by atoms with Crippen LogP contribution in [0.2, 0.25) is 0 Å². The average molecular weight is 875 g/mol. The zero-order valence-corrected chi connectivity index (χ0v) is 42.1. The smallest absolute Gasteiger partial charge is 0.203 e. The fourth-order valence-corrected chi connectivity index (χ4v) is 8.60. The Morgan fingerprint density at radius 1 is 0.403 bits per heavy atom. The Kier molecular flexibility index (Phi) is 37.2. The van der Waals surface area contributed by atoms with E-state index in [9.17, 15) is 0 Å². The van der Waals surface area contributed by atoms with Crippen LogP contribution in [0.1, 0.15) is 269 Å². The van der Waals surface area contributed by atoms with E-state index >= 15 is 0 Å². The maximum absolute atomic E-state index is 6.49. The number of benzene rings is 2. The van der Waals surface area contributed by atoms with E-state index in [1.807, 2.05) is 0 Å². The van der Waals surface area contributed by atoms with Crippen molar-refractivity contribution >= 4 is 23.2 Å². The summed E-state index contributed by atoms with van der Waals surface area (Å²) in [5.41, 5.74) is 3.54. The van der Waals surface area contributed by atoms with E-state index in [0.717, 1.165) is 58.9 Å². The van der Waals surface area contributed by atoms with E-state index in [2.05, 4.69) is 76.2 Å². The minimum absolute atomic E-state index is 0.679. The maximum Gasteiger partial charge on any atom is 0.203 e. The molecule has 0 aliphatic carbocycles. The predicted octanol–water partition coefficient (Wildman–Crippen LogP) is 19.5. The first-order valence-electron chi connectivity index (χ1n) is 27.0. The van der Waals surface area contributed by atoms with Crippen molar-refractivity contribution in [2.45, 2.75) is 259 Å². The van der Waals surface area contributed by atoms with Gasteiger partial charge in [-0.2, -0.15) is 0 Å². The van der Waals surface area contributed by atoms with Crippen LogP contribution < -0.4 is 14.2 Å². The van der Waals surface area contributed by atoms with Crippen LogP contribution in [0.4, 0.5) is 0 Å². The van der Waals surface area contributed by atoms with E-state index < -0.39 is 0 Å². The van der Waals surface area contributed by atoms with Crippen LogP contribution in [-0.4, -0.2) is 24.7 Å².